The first-order valence-electron chi connectivity index (χ1n) is 6.75. The molecule has 0 aliphatic heterocycles. The number of hydrogen-bond donors (Lipinski definition) is 1. The van der Waals surface area contributed by atoms with Crippen LogP contribution < -0.4 is 0 Å². The fourth-order valence-corrected chi connectivity index (χ4v) is 2.01. The Hall–Kier alpha value is -1.61. The normalized spacial score (nSPS) is 11.8. The van der Waals surface area contributed by atoms with Gasteiger partial charge in [0.25, 0.3) is 0 Å². The van der Waals surface area contributed by atoms with Gasteiger partial charge in [-0.3, -0.25) is 4.68 Å². The summed E-state index contributed by atoms with van der Waals surface area (Å²) in [6, 6.07) is 8.39. The number of hydrogen-bond acceptors (Lipinski definition) is 2. The van der Waals surface area contributed by atoms with Gasteiger partial charge >= 0.3 is 0 Å². The predicted octanol–water partition coefficient (Wildman–Crippen LogP) is 3.36. The molecule has 1 aromatic carbocycles. The van der Waals surface area contributed by atoms with Crippen molar-refractivity contribution < 1.29 is 5.11 Å². The van der Waals surface area contributed by atoms with Crippen molar-refractivity contribution in [1.82, 2.24) is 9.78 Å². The van der Waals surface area contributed by atoms with Gasteiger partial charge in [0.2, 0.25) is 0 Å². The van der Waals surface area contributed by atoms with Crippen LogP contribution in [0.2, 0.25) is 0 Å². The molecule has 2 rings (SSSR count). The molecule has 2 aromatic rings. The zero-order chi connectivity index (χ0) is 14.0. The van der Waals surface area contributed by atoms with Gasteiger partial charge < -0.3 is 5.11 Å². The second-order valence-corrected chi connectivity index (χ2v) is 5.83. The van der Waals surface area contributed by atoms with Gasteiger partial charge in [-0.15, -0.1) is 0 Å². The van der Waals surface area contributed by atoms with Crippen molar-refractivity contribution in [3.8, 4) is 11.3 Å². The van der Waals surface area contributed by atoms with Gasteiger partial charge in [-0.05, 0) is 32.8 Å². The molecule has 1 heterocycles. The van der Waals surface area contributed by atoms with E-state index in [-0.39, 0.29) is 12.1 Å². The molecule has 0 unspecified atom stereocenters. The largest absolute Gasteiger partial charge is 0.392 e. The fourth-order valence-electron chi connectivity index (χ4n) is 2.01. The van der Waals surface area contributed by atoms with Crippen molar-refractivity contribution in [1.29, 1.82) is 0 Å². The number of aliphatic hydroxyl groups excluding tert-OH is 1. The minimum atomic E-state index is -0.0778. The van der Waals surface area contributed by atoms with Crippen molar-refractivity contribution in [2.75, 3.05) is 0 Å². The highest BCUT2D eigenvalue weighted by Gasteiger charge is 2.18. The molecule has 0 radical (unpaired) electrons. The first kappa shape index (κ1) is 13.8. The first-order chi connectivity index (χ1) is 8.95. The predicted molar refractivity (Wildman–Crippen MR) is 78.0 cm³/mol. The van der Waals surface area contributed by atoms with Gasteiger partial charge in [-0.25, -0.2) is 0 Å². The van der Waals surface area contributed by atoms with Gasteiger partial charge in [-0.1, -0.05) is 31.2 Å². The molecule has 0 saturated heterocycles. The molecule has 1 N–H and O–H groups in total. The second kappa shape index (κ2) is 5.17. The van der Waals surface area contributed by atoms with Crippen molar-refractivity contribution >= 4 is 0 Å². The maximum atomic E-state index is 9.51. The molecule has 0 aliphatic rings. The molecule has 1 aromatic heterocycles. The lowest BCUT2D eigenvalue weighted by molar-refractivity contribution is 0.281. The number of nitrogens with zero attached hydrogens (tertiary/aromatic N) is 2. The van der Waals surface area contributed by atoms with Gasteiger partial charge in [0.15, 0.2) is 0 Å². The minimum Gasteiger partial charge on any atom is -0.392 e. The number of aryl methyl sites for hydroxylation is 1. The molecule has 3 heteroatoms. The van der Waals surface area contributed by atoms with Gasteiger partial charge in [-0.2, -0.15) is 5.10 Å². The first-order valence-corrected chi connectivity index (χ1v) is 6.75. The van der Waals surface area contributed by atoms with E-state index in [1.165, 1.54) is 5.56 Å². The lowest BCUT2D eigenvalue weighted by Gasteiger charge is -2.18. The van der Waals surface area contributed by atoms with Crippen molar-refractivity contribution in [3.05, 3.63) is 41.6 Å². The van der Waals surface area contributed by atoms with Crippen LogP contribution in [-0.2, 0) is 18.6 Å². The summed E-state index contributed by atoms with van der Waals surface area (Å²) in [7, 11) is 0. The summed E-state index contributed by atoms with van der Waals surface area (Å²) in [5.41, 5.74) is 4.04. The number of benzene rings is 1. The molecule has 19 heavy (non-hydrogen) atoms. The lowest BCUT2D eigenvalue weighted by Crippen LogP contribution is -2.22. The summed E-state index contributed by atoms with van der Waals surface area (Å²) in [6.45, 7) is 8.46. The van der Waals surface area contributed by atoms with E-state index in [0.717, 1.165) is 23.2 Å². The van der Waals surface area contributed by atoms with Gasteiger partial charge in [0.05, 0.1) is 17.8 Å². The van der Waals surface area contributed by atoms with Crippen LogP contribution in [0.1, 0.15) is 38.8 Å². The summed E-state index contributed by atoms with van der Waals surface area (Å²) >= 11 is 0. The van der Waals surface area contributed by atoms with Gasteiger partial charge in [0.1, 0.15) is 0 Å². The highest BCUT2D eigenvalue weighted by molar-refractivity contribution is 5.63. The van der Waals surface area contributed by atoms with E-state index in [1.54, 1.807) is 0 Å². The topological polar surface area (TPSA) is 38.0 Å². The van der Waals surface area contributed by atoms with Crippen LogP contribution in [0, 0.1) is 0 Å². The Morgan fingerprint density at radius 1 is 1.16 bits per heavy atom. The smallest absolute Gasteiger partial charge is 0.0978 e. The van der Waals surface area contributed by atoms with E-state index in [9.17, 15) is 5.11 Å². The van der Waals surface area contributed by atoms with E-state index >= 15 is 0 Å². The zero-order valence-electron chi connectivity index (χ0n) is 12.1. The summed E-state index contributed by atoms with van der Waals surface area (Å²) in [5, 5.41) is 14.1. The monoisotopic (exact) mass is 258 g/mol. The Labute approximate surface area is 114 Å². The fraction of sp³-hybridized carbons (Fsp3) is 0.438. The van der Waals surface area contributed by atoms with Crippen LogP contribution in [-0.4, -0.2) is 14.9 Å². The lowest BCUT2D eigenvalue weighted by atomic mass is 10.1. The molecule has 102 valence electrons. The second-order valence-electron chi connectivity index (χ2n) is 5.83. The highest BCUT2D eigenvalue weighted by Crippen LogP contribution is 2.25. The molecule has 3 nitrogen and oxygen atoms in total. The number of rotatable bonds is 3. The van der Waals surface area contributed by atoms with E-state index in [4.69, 9.17) is 0 Å². The number of aliphatic hydroxyl groups is 1. The summed E-state index contributed by atoms with van der Waals surface area (Å²) in [4.78, 5) is 0. The van der Waals surface area contributed by atoms with Crippen LogP contribution in [0.25, 0.3) is 11.3 Å². The minimum absolute atomic E-state index is 0.0148. The third kappa shape index (κ3) is 2.87. The molecular weight excluding hydrogens is 236 g/mol. The van der Waals surface area contributed by atoms with Crippen LogP contribution in [0.4, 0.5) is 0 Å². The third-order valence-electron chi connectivity index (χ3n) is 3.28. The van der Waals surface area contributed by atoms with E-state index in [2.05, 4.69) is 57.1 Å². The molecule has 0 spiro atoms. The molecule has 0 fully saturated rings. The third-order valence-corrected chi connectivity index (χ3v) is 3.28. The Morgan fingerprint density at radius 3 is 2.26 bits per heavy atom. The van der Waals surface area contributed by atoms with Gasteiger partial charge in [0, 0.05) is 17.3 Å². The maximum Gasteiger partial charge on any atom is 0.0978 e. The van der Waals surface area contributed by atoms with E-state index in [0.29, 0.717) is 0 Å². The Bertz CT molecular complexity index is 547. The molecule has 0 amide bonds. The molecule has 0 atom stereocenters. The maximum absolute atomic E-state index is 9.51. The summed E-state index contributed by atoms with van der Waals surface area (Å²) in [5.74, 6) is 0. The quantitative estimate of drug-likeness (QED) is 0.916. The Balaban J connectivity index is 2.45. The Morgan fingerprint density at radius 2 is 1.79 bits per heavy atom. The van der Waals surface area contributed by atoms with Crippen LogP contribution in [0.5, 0.6) is 0 Å². The van der Waals surface area contributed by atoms with Crippen molar-refractivity contribution in [2.24, 2.45) is 0 Å². The standard InChI is InChI=1S/C16H22N2O/c1-5-12-6-8-13(9-7-12)15-14(11-19)10-18(17-15)16(2,3)4/h6-10,19H,5,11H2,1-4H3. The van der Waals surface area contributed by atoms with Crippen LogP contribution >= 0.6 is 0 Å². The molecule has 0 aliphatic carbocycles. The summed E-state index contributed by atoms with van der Waals surface area (Å²) in [6.07, 6.45) is 2.96. The SMILES string of the molecule is CCc1ccc(-c2nn(C(C)(C)C)cc2CO)cc1. The van der Waals surface area contributed by atoms with Crippen molar-refractivity contribution in [2.45, 2.75) is 46.3 Å². The molecular formula is C16H22N2O. The highest BCUT2D eigenvalue weighted by atomic mass is 16.3. The summed E-state index contributed by atoms with van der Waals surface area (Å²) < 4.78 is 1.92. The average Bonchev–Trinajstić information content (AvgIpc) is 2.83. The average molecular weight is 258 g/mol. The zero-order valence-corrected chi connectivity index (χ0v) is 12.1. The van der Waals surface area contributed by atoms with E-state index < -0.39 is 0 Å². The van der Waals surface area contributed by atoms with Crippen LogP contribution in [0.15, 0.2) is 30.5 Å². The molecule has 0 bridgehead atoms. The molecule has 0 saturated carbocycles. The number of aromatic nitrogens is 2. The van der Waals surface area contributed by atoms with Crippen molar-refractivity contribution in [3.63, 3.8) is 0 Å². The van der Waals surface area contributed by atoms with E-state index in [1.807, 2.05) is 10.9 Å². The Kier molecular flexibility index (Phi) is 3.76. The van der Waals surface area contributed by atoms with Crippen LogP contribution in [0.3, 0.4) is 0 Å².